The highest BCUT2D eigenvalue weighted by Crippen LogP contribution is 2.27. The quantitative estimate of drug-likeness (QED) is 0.652. The molecule has 0 aliphatic carbocycles. The lowest BCUT2D eigenvalue weighted by atomic mass is 10.2. The van der Waals surface area contributed by atoms with E-state index < -0.39 is 0 Å². The first kappa shape index (κ1) is 14.8. The molecule has 7 heteroatoms. The molecule has 0 aliphatic rings. The van der Waals surface area contributed by atoms with E-state index in [2.05, 4.69) is 10.4 Å². The molecule has 0 saturated heterocycles. The van der Waals surface area contributed by atoms with Crippen LogP contribution in [0, 0.1) is 10.1 Å². The molecule has 0 atom stereocenters. The maximum absolute atomic E-state index is 11.0. The second-order valence-electron chi connectivity index (χ2n) is 4.90. The summed E-state index contributed by atoms with van der Waals surface area (Å²) in [5.74, 6) is 0. The monoisotopic (exact) mass is 289 g/mol. The molecular formula is C14H19N5O2. The van der Waals surface area contributed by atoms with Gasteiger partial charge in [0.1, 0.15) is 0 Å². The number of hydrogen-bond donors (Lipinski definition) is 1. The van der Waals surface area contributed by atoms with Crippen LogP contribution in [0.25, 0.3) is 0 Å². The summed E-state index contributed by atoms with van der Waals surface area (Å²) in [5, 5.41) is 18.3. The van der Waals surface area contributed by atoms with Crippen LogP contribution in [0.1, 0.15) is 12.5 Å². The molecule has 0 aliphatic heterocycles. The number of non-ortho nitro benzene ring substituents is 1. The summed E-state index contributed by atoms with van der Waals surface area (Å²) in [6.07, 6.45) is 3.72. The Morgan fingerprint density at radius 2 is 2.19 bits per heavy atom. The summed E-state index contributed by atoms with van der Waals surface area (Å²) in [6, 6.07) is 5.04. The zero-order chi connectivity index (χ0) is 15.4. The van der Waals surface area contributed by atoms with E-state index in [9.17, 15) is 10.1 Å². The zero-order valence-corrected chi connectivity index (χ0v) is 12.4. The average molecular weight is 289 g/mol. The van der Waals surface area contributed by atoms with Crippen LogP contribution in [-0.2, 0) is 13.6 Å². The standard InChI is InChI=1S/C14H19N5O2/c1-4-15-12-5-13(7-14(6-12)19(20)21)17(2)9-11-8-16-18(3)10-11/h5-8,10,15H,4,9H2,1-3H3. The Morgan fingerprint density at radius 1 is 1.43 bits per heavy atom. The van der Waals surface area contributed by atoms with E-state index in [1.54, 1.807) is 23.0 Å². The Bertz CT molecular complexity index is 638. The average Bonchev–Trinajstić information content (AvgIpc) is 2.84. The van der Waals surface area contributed by atoms with Gasteiger partial charge in [-0.25, -0.2) is 0 Å². The lowest BCUT2D eigenvalue weighted by molar-refractivity contribution is -0.384. The van der Waals surface area contributed by atoms with E-state index in [1.807, 2.05) is 38.2 Å². The number of nitrogens with one attached hydrogen (secondary N) is 1. The van der Waals surface area contributed by atoms with E-state index in [4.69, 9.17) is 0 Å². The molecule has 1 aromatic carbocycles. The molecule has 0 radical (unpaired) electrons. The molecule has 7 nitrogen and oxygen atoms in total. The van der Waals surface area contributed by atoms with Gasteiger partial charge in [-0.05, 0) is 13.0 Å². The highest BCUT2D eigenvalue weighted by Gasteiger charge is 2.12. The van der Waals surface area contributed by atoms with E-state index in [1.165, 1.54) is 0 Å². The van der Waals surface area contributed by atoms with Gasteiger partial charge in [-0.1, -0.05) is 0 Å². The van der Waals surface area contributed by atoms with Crippen LogP contribution < -0.4 is 10.2 Å². The number of hydrogen-bond acceptors (Lipinski definition) is 5. The van der Waals surface area contributed by atoms with E-state index >= 15 is 0 Å². The number of nitrogens with zero attached hydrogens (tertiary/aromatic N) is 4. The molecule has 0 bridgehead atoms. The molecule has 0 unspecified atom stereocenters. The van der Waals surface area contributed by atoms with Crippen LogP contribution in [-0.4, -0.2) is 28.3 Å². The van der Waals surface area contributed by atoms with Gasteiger partial charge in [0, 0.05) is 62.5 Å². The van der Waals surface area contributed by atoms with E-state index in [0.29, 0.717) is 13.1 Å². The third-order valence-electron chi connectivity index (χ3n) is 3.11. The molecule has 21 heavy (non-hydrogen) atoms. The number of nitro benzene ring substituents is 1. The van der Waals surface area contributed by atoms with Gasteiger partial charge >= 0.3 is 0 Å². The number of aryl methyl sites for hydroxylation is 1. The van der Waals surface area contributed by atoms with Crippen molar-refractivity contribution in [3.05, 3.63) is 46.3 Å². The van der Waals surface area contributed by atoms with Crippen LogP contribution in [0.2, 0.25) is 0 Å². The second-order valence-corrected chi connectivity index (χ2v) is 4.90. The van der Waals surface area contributed by atoms with Gasteiger partial charge in [0.2, 0.25) is 0 Å². The van der Waals surface area contributed by atoms with Crippen molar-refractivity contribution in [3.63, 3.8) is 0 Å². The SMILES string of the molecule is CCNc1cc(N(C)Cc2cnn(C)c2)cc([N+](=O)[O-])c1. The summed E-state index contributed by atoms with van der Waals surface area (Å²) in [4.78, 5) is 12.6. The smallest absolute Gasteiger partial charge is 0.273 e. The third kappa shape index (κ3) is 3.71. The molecule has 0 fully saturated rings. The van der Waals surface area contributed by atoms with Gasteiger partial charge in [-0.3, -0.25) is 14.8 Å². The van der Waals surface area contributed by atoms with Crippen molar-refractivity contribution in [1.82, 2.24) is 9.78 Å². The number of anilines is 2. The van der Waals surface area contributed by atoms with Gasteiger partial charge in [0.05, 0.1) is 11.1 Å². The summed E-state index contributed by atoms with van der Waals surface area (Å²) < 4.78 is 1.74. The molecule has 112 valence electrons. The van der Waals surface area contributed by atoms with Gasteiger partial charge in [0.15, 0.2) is 0 Å². The Morgan fingerprint density at radius 3 is 2.76 bits per heavy atom. The molecule has 1 heterocycles. The molecule has 0 saturated carbocycles. The van der Waals surface area contributed by atoms with E-state index in [0.717, 1.165) is 16.9 Å². The fraction of sp³-hybridized carbons (Fsp3) is 0.357. The minimum atomic E-state index is -0.373. The zero-order valence-electron chi connectivity index (χ0n) is 12.4. The van der Waals surface area contributed by atoms with Crippen LogP contribution in [0.15, 0.2) is 30.6 Å². The van der Waals surface area contributed by atoms with Crippen LogP contribution >= 0.6 is 0 Å². The summed E-state index contributed by atoms with van der Waals surface area (Å²) in [6.45, 7) is 3.31. The molecule has 0 amide bonds. The van der Waals surface area contributed by atoms with Gasteiger partial charge in [-0.15, -0.1) is 0 Å². The first-order chi connectivity index (χ1) is 9.99. The topological polar surface area (TPSA) is 76.2 Å². The largest absolute Gasteiger partial charge is 0.385 e. The molecular weight excluding hydrogens is 270 g/mol. The van der Waals surface area contributed by atoms with Crippen molar-refractivity contribution in [3.8, 4) is 0 Å². The molecule has 1 aromatic heterocycles. The van der Waals surface area contributed by atoms with E-state index in [-0.39, 0.29) is 10.6 Å². The molecule has 2 rings (SSSR count). The van der Waals surface area contributed by atoms with Crippen molar-refractivity contribution >= 4 is 17.1 Å². The lowest BCUT2D eigenvalue weighted by Crippen LogP contribution is -2.16. The third-order valence-corrected chi connectivity index (χ3v) is 3.11. The van der Waals surface area contributed by atoms with Crippen molar-refractivity contribution in [2.75, 3.05) is 23.8 Å². The Balaban J connectivity index is 2.26. The number of benzene rings is 1. The van der Waals surface area contributed by atoms with Crippen molar-refractivity contribution in [1.29, 1.82) is 0 Å². The Labute approximate surface area is 123 Å². The summed E-state index contributed by atoms with van der Waals surface area (Å²) in [5.41, 5.74) is 2.68. The van der Waals surface area contributed by atoms with Crippen LogP contribution in [0.4, 0.5) is 17.1 Å². The number of nitro groups is 1. The van der Waals surface area contributed by atoms with Crippen molar-refractivity contribution in [2.45, 2.75) is 13.5 Å². The van der Waals surface area contributed by atoms with Gasteiger partial charge in [-0.2, -0.15) is 5.10 Å². The van der Waals surface area contributed by atoms with Gasteiger partial charge < -0.3 is 10.2 Å². The molecule has 0 spiro atoms. The second kappa shape index (κ2) is 6.25. The van der Waals surface area contributed by atoms with Crippen LogP contribution in [0.5, 0.6) is 0 Å². The summed E-state index contributed by atoms with van der Waals surface area (Å²) in [7, 11) is 3.77. The van der Waals surface area contributed by atoms with Crippen LogP contribution in [0.3, 0.4) is 0 Å². The fourth-order valence-corrected chi connectivity index (χ4v) is 2.15. The first-order valence-corrected chi connectivity index (χ1v) is 6.71. The lowest BCUT2D eigenvalue weighted by Gasteiger charge is -2.19. The molecule has 1 N–H and O–H groups in total. The number of rotatable bonds is 6. The fourth-order valence-electron chi connectivity index (χ4n) is 2.15. The Kier molecular flexibility index (Phi) is 4.42. The van der Waals surface area contributed by atoms with Crippen molar-refractivity contribution < 1.29 is 4.92 Å². The minimum absolute atomic E-state index is 0.0847. The Hall–Kier alpha value is -2.57. The molecule has 2 aromatic rings. The van der Waals surface area contributed by atoms with Crippen molar-refractivity contribution in [2.24, 2.45) is 7.05 Å². The summed E-state index contributed by atoms with van der Waals surface area (Å²) >= 11 is 0. The highest BCUT2D eigenvalue weighted by molar-refractivity contribution is 5.64. The maximum Gasteiger partial charge on any atom is 0.273 e. The normalized spacial score (nSPS) is 10.4. The predicted molar refractivity (Wildman–Crippen MR) is 82.6 cm³/mol. The minimum Gasteiger partial charge on any atom is -0.385 e. The highest BCUT2D eigenvalue weighted by atomic mass is 16.6. The predicted octanol–water partition coefficient (Wildman–Crippen LogP) is 2.40. The number of aromatic nitrogens is 2. The first-order valence-electron chi connectivity index (χ1n) is 6.71. The maximum atomic E-state index is 11.0. The van der Waals surface area contributed by atoms with Gasteiger partial charge in [0.25, 0.3) is 5.69 Å².